The summed E-state index contributed by atoms with van der Waals surface area (Å²) in [4.78, 5) is 8.97. The van der Waals surface area contributed by atoms with Gasteiger partial charge in [0.15, 0.2) is 0 Å². The summed E-state index contributed by atoms with van der Waals surface area (Å²) in [5.74, 6) is 0.474. The monoisotopic (exact) mass is 657 g/mol. The molecule has 4 aromatic rings. The second-order valence-electron chi connectivity index (χ2n) is 7.84. The molecule has 4 aromatic heterocycles. The molecule has 0 N–H and O–H groups in total. The smallest absolute Gasteiger partial charge is 0.435 e. The summed E-state index contributed by atoms with van der Waals surface area (Å²) in [6, 6.07) is 11.5. The first-order chi connectivity index (χ1) is 15.4. The van der Waals surface area contributed by atoms with Crippen LogP contribution in [0.2, 0.25) is 0 Å². The summed E-state index contributed by atoms with van der Waals surface area (Å²) in [7, 11) is 0. The van der Waals surface area contributed by atoms with E-state index in [1.165, 1.54) is 0 Å². The number of rotatable bonds is 4. The van der Waals surface area contributed by atoms with E-state index in [9.17, 15) is 26.3 Å². The molecule has 4 rings (SSSR count). The van der Waals surface area contributed by atoms with Crippen LogP contribution in [-0.2, 0) is 38.8 Å². The van der Waals surface area contributed by atoms with E-state index in [1.54, 1.807) is 36.4 Å². The van der Waals surface area contributed by atoms with Crippen molar-refractivity contribution in [3.8, 4) is 11.6 Å². The normalized spacial score (nSPS) is 12.5. The maximum atomic E-state index is 12.9. The minimum Gasteiger partial charge on any atom is -0.435 e. The van der Waals surface area contributed by atoms with Gasteiger partial charge in [-0.25, -0.2) is 0 Å². The molecule has 0 aliphatic rings. The van der Waals surface area contributed by atoms with Gasteiger partial charge in [-0.2, -0.15) is 26.3 Å². The van der Waals surface area contributed by atoms with E-state index >= 15 is 0 Å². The van der Waals surface area contributed by atoms with Crippen molar-refractivity contribution in [1.29, 1.82) is 0 Å². The summed E-state index contributed by atoms with van der Waals surface area (Å²) in [6.07, 6.45) is -2.17. The molecule has 0 amide bonds. The molecule has 4 nitrogen and oxygen atoms in total. The third-order valence-corrected chi connectivity index (χ3v) is 5.15. The summed E-state index contributed by atoms with van der Waals surface area (Å²) in [6.45, 7) is 3.62. The first-order valence-corrected chi connectivity index (χ1v) is 9.66. The van der Waals surface area contributed by atoms with Crippen LogP contribution in [0.15, 0.2) is 60.9 Å². The van der Waals surface area contributed by atoms with Crippen LogP contribution in [0.4, 0.5) is 26.3 Å². The van der Waals surface area contributed by atoms with Gasteiger partial charge in [0.05, 0.1) is 11.6 Å². The number of halogens is 6. The molecule has 34 heavy (non-hydrogen) atoms. The third-order valence-electron chi connectivity index (χ3n) is 5.15. The molecule has 0 aliphatic heterocycles. The van der Waals surface area contributed by atoms with Crippen molar-refractivity contribution in [3.63, 3.8) is 0 Å². The molecule has 4 heterocycles. The van der Waals surface area contributed by atoms with E-state index in [4.69, 9.17) is 0 Å². The van der Waals surface area contributed by atoms with Crippen LogP contribution in [0.3, 0.4) is 0 Å². The summed E-state index contributed by atoms with van der Waals surface area (Å²) in [5, 5.41) is 0. The summed E-state index contributed by atoms with van der Waals surface area (Å²) in [5.41, 5.74) is -1.49. The van der Waals surface area contributed by atoms with Gasteiger partial charge in [0.25, 0.3) is 0 Å². The van der Waals surface area contributed by atoms with Gasteiger partial charge in [-0.3, -0.25) is 9.97 Å². The number of hydrogen-bond donors (Lipinski definition) is 0. The average Bonchev–Trinajstić information content (AvgIpc) is 3.44. The van der Waals surface area contributed by atoms with Crippen molar-refractivity contribution in [2.45, 2.75) is 31.6 Å². The van der Waals surface area contributed by atoms with Crippen LogP contribution in [0, 0.1) is 12.4 Å². The van der Waals surface area contributed by atoms with E-state index in [1.807, 2.05) is 13.8 Å². The molecule has 11 heteroatoms. The van der Waals surface area contributed by atoms with E-state index in [0.29, 0.717) is 11.4 Å². The Labute approximate surface area is 205 Å². The molecule has 0 saturated carbocycles. The molecular weight excluding hydrogens is 641 g/mol. The van der Waals surface area contributed by atoms with E-state index in [2.05, 4.69) is 22.4 Å². The second-order valence-corrected chi connectivity index (χ2v) is 7.84. The van der Waals surface area contributed by atoms with Crippen LogP contribution < -0.4 is 0 Å². The van der Waals surface area contributed by atoms with Gasteiger partial charge in [0, 0.05) is 16.8 Å². The first-order valence-electron chi connectivity index (χ1n) is 9.66. The number of hydrogen-bond acceptors (Lipinski definition) is 2. The van der Waals surface area contributed by atoms with E-state index in [0.717, 1.165) is 33.7 Å². The van der Waals surface area contributed by atoms with Crippen LogP contribution in [-0.4, -0.2) is 19.1 Å². The van der Waals surface area contributed by atoms with Crippen molar-refractivity contribution in [1.82, 2.24) is 19.1 Å². The van der Waals surface area contributed by atoms with Crippen molar-refractivity contribution in [3.05, 3.63) is 95.8 Å². The zero-order chi connectivity index (χ0) is 24.0. The van der Waals surface area contributed by atoms with Gasteiger partial charge in [-0.1, -0.05) is 36.7 Å². The number of pyridine rings is 2. The Balaban J connectivity index is 0.00000324. The van der Waals surface area contributed by atoms with Gasteiger partial charge in [-0.15, -0.1) is 24.5 Å². The largest absolute Gasteiger partial charge is 2.00 e. The number of aromatic nitrogens is 4. The van der Waals surface area contributed by atoms with Crippen molar-refractivity contribution >= 4 is 0 Å². The van der Waals surface area contributed by atoms with E-state index in [-0.39, 0.29) is 32.7 Å². The SMILES string of the molecule is CC(C)(c1cccc(-n2[c-]cc(C(F)(F)F)c2)n1)c1cccc(-n2[c-]cc(C(F)(F)F)c2)n1.[Pt+2]. The van der Waals surface area contributed by atoms with Gasteiger partial charge >= 0.3 is 33.4 Å². The Kier molecular flexibility index (Phi) is 6.86. The molecule has 180 valence electrons. The fourth-order valence-electron chi connectivity index (χ4n) is 3.22. The molecule has 0 unspecified atom stereocenters. The minimum atomic E-state index is -4.50. The van der Waals surface area contributed by atoms with Gasteiger partial charge in [0.1, 0.15) is 0 Å². The Morgan fingerprint density at radius 1 is 0.676 bits per heavy atom. The molecule has 0 spiro atoms. The zero-order valence-electron chi connectivity index (χ0n) is 17.6. The third kappa shape index (κ3) is 5.11. The fraction of sp³-hybridized carbons (Fsp3) is 0.217. The average molecular weight is 657 g/mol. The second kappa shape index (κ2) is 9.06. The zero-order valence-corrected chi connectivity index (χ0v) is 19.9. The first kappa shape index (κ1) is 25.7. The van der Waals surface area contributed by atoms with Crippen LogP contribution >= 0.6 is 0 Å². The maximum absolute atomic E-state index is 12.9. The van der Waals surface area contributed by atoms with Crippen molar-refractivity contribution in [2.75, 3.05) is 0 Å². The quantitative estimate of drug-likeness (QED) is 0.199. The van der Waals surface area contributed by atoms with Crippen LogP contribution in [0.1, 0.15) is 36.4 Å². The molecule has 0 atom stereocenters. The Morgan fingerprint density at radius 2 is 1.06 bits per heavy atom. The standard InChI is InChI=1S/C23H16F6N4.Pt/c1-21(2,17-5-3-7-19(30-17)32-11-9-15(13-32)22(24,25)26)18-6-4-8-20(31-18)33-12-10-16(14-33)23(27,28)29;/h3-10,13-14H,1-2H3;/q-2;+2. The Morgan fingerprint density at radius 3 is 1.38 bits per heavy atom. The molecule has 0 bridgehead atoms. The Bertz CT molecular complexity index is 1190. The maximum Gasteiger partial charge on any atom is 2.00 e. The topological polar surface area (TPSA) is 35.6 Å². The predicted octanol–water partition coefficient (Wildman–Crippen LogP) is 6.02. The van der Waals surface area contributed by atoms with Gasteiger partial charge in [-0.05, 0) is 37.1 Å². The minimum absolute atomic E-state index is 0. The van der Waals surface area contributed by atoms with Gasteiger partial charge < -0.3 is 9.13 Å². The molecule has 0 saturated heterocycles. The Hall–Kier alpha value is -2.87. The molecule has 0 aromatic carbocycles. The molecule has 0 radical (unpaired) electrons. The van der Waals surface area contributed by atoms with Crippen molar-refractivity contribution in [2.24, 2.45) is 0 Å². The summed E-state index contributed by atoms with van der Waals surface area (Å²) < 4.78 is 79.8. The molecule has 0 fully saturated rings. The van der Waals surface area contributed by atoms with Crippen molar-refractivity contribution < 1.29 is 47.4 Å². The number of alkyl halides is 6. The molecule has 0 aliphatic carbocycles. The van der Waals surface area contributed by atoms with E-state index < -0.39 is 28.9 Å². The van der Waals surface area contributed by atoms with Gasteiger partial charge in [0.2, 0.25) is 0 Å². The predicted molar refractivity (Wildman–Crippen MR) is 107 cm³/mol. The van der Waals surface area contributed by atoms with Crippen LogP contribution in [0.5, 0.6) is 0 Å². The van der Waals surface area contributed by atoms with Crippen LogP contribution in [0.25, 0.3) is 11.6 Å². The summed E-state index contributed by atoms with van der Waals surface area (Å²) >= 11 is 0. The fourth-order valence-corrected chi connectivity index (χ4v) is 3.22. The number of nitrogens with zero attached hydrogens (tertiary/aromatic N) is 4. The molecular formula is C23H16F6N4Pt.